The van der Waals surface area contributed by atoms with Crippen molar-refractivity contribution in [3.63, 3.8) is 0 Å². The summed E-state index contributed by atoms with van der Waals surface area (Å²) >= 11 is 0. The molecule has 152 valence electrons. The molecular weight excluding hydrogens is 400 g/mol. The lowest BCUT2D eigenvalue weighted by Gasteiger charge is -2.17. The maximum absolute atomic E-state index is 12.6. The van der Waals surface area contributed by atoms with Gasteiger partial charge in [0.25, 0.3) is 0 Å². The van der Waals surface area contributed by atoms with E-state index in [1.165, 1.54) is 31.3 Å². The second-order valence-electron chi connectivity index (χ2n) is 6.51. The van der Waals surface area contributed by atoms with Crippen LogP contribution in [0.1, 0.15) is 5.56 Å². The average molecular weight is 420 g/mol. The molecule has 0 heterocycles. The summed E-state index contributed by atoms with van der Waals surface area (Å²) < 4.78 is 26.2. The molecule has 0 saturated heterocycles. The maximum Gasteiger partial charge on any atom is 0.243 e. The van der Waals surface area contributed by atoms with Crippen molar-refractivity contribution >= 4 is 33.0 Å². The van der Waals surface area contributed by atoms with E-state index in [0.29, 0.717) is 11.3 Å². The van der Waals surface area contributed by atoms with Gasteiger partial charge in [0.05, 0.1) is 23.1 Å². The van der Waals surface area contributed by atoms with Gasteiger partial charge in [0.15, 0.2) is 0 Å². The summed E-state index contributed by atoms with van der Waals surface area (Å²) in [6, 6.07) is 24.3. The summed E-state index contributed by atoms with van der Waals surface area (Å²) in [6.07, 6.45) is 0. The minimum absolute atomic E-state index is 0.0214. The van der Waals surface area contributed by atoms with Crippen molar-refractivity contribution in [2.24, 2.45) is 0 Å². The fourth-order valence-corrected chi connectivity index (χ4v) is 3.82. The van der Waals surface area contributed by atoms with Gasteiger partial charge in [-0.15, -0.1) is 0 Å². The van der Waals surface area contributed by atoms with Gasteiger partial charge in [0.2, 0.25) is 15.9 Å². The van der Waals surface area contributed by atoms with Crippen LogP contribution in [0.4, 0.5) is 17.1 Å². The van der Waals surface area contributed by atoms with Gasteiger partial charge < -0.3 is 10.6 Å². The van der Waals surface area contributed by atoms with Gasteiger partial charge in [-0.05, 0) is 60.7 Å². The van der Waals surface area contributed by atoms with Crippen molar-refractivity contribution in [1.29, 1.82) is 5.26 Å². The summed E-state index contributed by atoms with van der Waals surface area (Å²) in [6.45, 7) is -0.341. The molecule has 0 aliphatic heterocycles. The molecule has 3 aromatic rings. The molecule has 0 bridgehead atoms. The third kappa shape index (κ3) is 5.23. The summed E-state index contributed by atoms with van der Waals surface area (Å²) in [7, 11) is -2.51. The van der Waals surface area contributed by atoms with E-state index in [-0.39, 0.29) is 11.4 Å². The second-order valence-corrected chi connectivity index (χ2v) is 8.56. The highest BCUT2D eigenvalue weighted by Gasteiger charge is 2.23. The minimum Gasteiger partial charge on any atom is -0.356 e. The largest absolute Gasteiger partial charge is 0.356 e. The SMILES string of the molecule is CN(CC(=O)Nc1ccc(Nc2ccccc2)cc1)S(=O)(=O)c1ccc(C#N)cc1. The second kappa shape index (κ2) is 9.22. The van der Waals surface area contributed by atoms with Crippen LogP contribution in [-0.2, 0) is 14.8 Å². The molecule has 0 aromatic heterocycles. The number of hydrogen-bond acceptors (Lipinski definition) is 5. The number of rotatable bonds is 7. The smallest absolute Gasteiger partial charge is 0.243 e. The number of anilines is 3. The normalized spacial score (nSPS) is 11.0. The van der Waals surface area contributed by atoms with Gasteiger partial charge >= 0.3 is 0 Å². The fraction of sp³-hybridized carbons (Fsp3) is 0.0909. The number of carbonyl (C=O) groups excluding carboxylic acids is 1. The predicted octanol–water partition coefficient (Wildman–Crippen LogP) is 3.56. The molecule has 0 saturated carbocycles. The molecule has 0 fully saturated rings. The molecular formula is C22H20N4O3S. The zero-order chi connectivity index (χ0) is 21.6. The van der Waals surface area contributed by atoms with E-state index in [0.717, 1.165) is 15.7 Å². The number of amides is 1. The van der Waals surface area contributed by atoms with E-state index in [9.17, 15) is 13.2 Å². The first-order valence-electron chi connectivity index (χ1n) is 9.07. The van der Waals surface area contributed by atoms with Gasteiger partial charge in [-0.3, -0.25) is 4.79 Å². The minimum atomic E-state index is -3.84. The van der Waals surface area contributed by atoms with Crippen LogP contribution in [0.25, 0.3) is 0 Å². The zero-order valence-corrected chi connectivity index (χ0v) is 17.1. The Hall–Kier alpha value is -3.67. The van der Waals surface area contributed by atoms with Crippen LogP contribution in [0.15, 0.2) is 83.8 Å². The van der Waals surface area contributed by atoms with Crippen LogP contribution in [0.3, 0.4) is 0 Å². The molecule has 8 heteroatoms. The standard InChI is InChI=1S/C22H20N4O3S/c1-26(30(28,29)21-13-7-17(15-23)8-14-21)16-22(27)25-20-11-9-19(10-12-20)24-18-5-3-2-4-6-18/h2-14,24H,16H2,1H3,(H,25,27). The van der Waals surface area contributed by atoms with Crippen molar-refractivity contribution in [3.8, 4) is 6.07 Å². The van der Waals surface area contributed by atoms with E-state index in [2.05, 4.69) is 10.6 Å². The van der Waals surface area contributed by atoms with Gasteiger partial charge in [-0.1, -0.05) is 18.2 Å². The van der Waals surface area contributed by atoms with Gasteiger partial charge in [0.1, 0.15) is 0 Å². The summed E-state index contributed by atoms with van der Waals surface area (Å²) in [5, 5.41) is 14.8. The fourth-order valence-electron chi connectivity index (χ4n) is 2.69. The van der Waals surface area contributed by atoms with E-state index in [1.807, 2.05) is 48.5 Å². The third-order valence-electron chi connectivity index (χ3n) is 4.29. The van der Waals surface area contributed by atoms with Crippen LogP contribution >= 0.6 is 0 Å². The molecule has 0 radical (unpaired) electrons. The predicted molar refractivity (Wildman–Crippen MR) is 116 cm³/mol. The number of benzene rings is 3. The molecule has 1 amide bonds. The summed E-state index contributed by atoms with van der Waals surface area (Å²) in [5.74, 6) is -0.460. The molecule has 0 unspecified atom stereocenters. The Kier molecular flexibility index (Phi) is 6.47. The first-order valence-corrected chi connectivity index (χ1v) is 10.5. The highest BCUT2D eigenvalue weighted by Crippen LogP contribution is 2.19. The summed E-state index contributed by atoms with van der Waals surface area (Å²) in [5.41, 5.74) is 2.73. The van der Waals surface area contributed by atoms with Crippen LogP contribution in [0.2, 0.25) is 0 Å². The van der Waals surface area contributed by atoms with Gasteiger partial charge in [0, 0.05) is 24.1 Å². The number of para-hydroxylation sites is 1. The molecule has 3 rings (SSSR count). The molecule has 0 spiro atoms. The lowest BCUT2D eigenvalue weighted by molar-refractivity contribution is -0.116. The van der Waals surface area contributed by atoms with Crippen LogP contribution in [-0.4, -0.2) is 32.2 Å². The van der Waals surface area contributed by atoms with Crippen molar-refractivity contribution in [1.82, 2.24) is 4.31 Å². The Labute approximate surface area is 175 Å². The highest BCUT2D eigenvalue weighted by molar-refractivity contribution is 7.89. The van der Waals surface area contributed by atoms with Crippen molar-refractivity contribution < 1.29 is 13.2 Å². The zero-order valence-electron chi connectivity index (χ0n) is 16.2. The Morgan fingerprint density at radius 2 is 1.47 bits per heavy atom. The average Bonchev–Trinajstić information content (AvgIpc) is 2.76. The first kappa shape index (κ1) is 21.0. The van der Waals surface area contributed by atoms with E-state index in [4.69, 9.17) is 5.26 Å². The number of nitrogens with zero attached hydrogens (tertiary/aromatic N) is 2. The van der Waals surface area contributed by atoms with E-state index in [1.54, 1.807) is 12.1 Å². The van der Waals surface area contributed by atoms with E-state index >= 15 is 0 Å². The quantitative estimate of drug-likeness (QED) is 0.608. The number of hydrogen-bond donors (Lipinski definition) is 2. The molecule has 30 heavy (non-hydrogen) atoms. The Morgan fingerprint density at radius 3 is 2.07 bits per heavy atom. The van der Waals surface area contributed by atoms with Gasteiger partial charge in [-0.25, -0.2) is 8.42 Å². The molecule has 7 nitrogen and oxygen atoms in total. The van der Waals surface area contributed by atoms with Gasteiger partial charge in [-0.2, -0.15) is 9.57 Å². The molecule has 0 aliphatic rings. The number of nitriles is 1. The summed E-state index contributed by atoms with van der Waals surface area (Å²) in [4.78, 5) is 12.3. The Bertz CT molecular complexity index is 1150. The number of nitrogens with one attached hydrogen (secondary N) is 2. The molecule has 3 aromatic carbocycles. The first-order chi connectivity index (χ1) is 14.4. The number of sulfonamides is 1. The van der Waals surface area contributed by atoms with Crippen molar-refractivity contribution in [2.75, 3.05) is 24.2 Å². The Balaban J connectivity index is 1.59. The maximum atomic E-state index is 12.6. The van der Waals surface area contributed by atoms with E-state index < -0.39 is 15.9 Å². The van der Waals surface area contributed by atoms with Crippen molar-refractivity contribution in [2.45, 2.75) is 4.90 Å². The third-order valence-corrected chi connectivity index (χ3v) is 6.11. The number of likely N-dealkylation sites (N-methyl/N-ethyl adjacent to an activating group) is 1. The van der Waals surface area contributed by atoms with Crippen molar-refractivity contribution in [3.05, 3.63) is 84.4 Å². The lowest BCUT2D eigenvalue weighted by Crippen LogP contribution is -2.34. The highest BCUT2D eigenvalue weighted by atomic mass is 32.2. The molecule has 2 N–H and O–H groups in total. The lowest BCUT2D eigenvalue weighted by atomic mass is 10.2. The van der Waals surface area contributed by atoms with Crippen LogP contribution in [0, 0.1) is 11.3 Å². The van der Waals surface area contributed by atoms with Crippen LogP contribution < -0.4 is 10.6 Å². The number of carbonyl (C=O) groups is 1. The Morgan fingerprint density at radius 1 is 0.900 bits per heavy atom. The molecule has 0 aliphatic carbocycles. The molecule has 0 atom stereocenters. The van der Waals surface area contributed by atoms with Crippen LogP contribution in [0.5, 0.6) is 0 Å². The topological polar surface area (TPSA) is 102 Å². The monoisotopic (exact) mass is 420 g/mol.